The fraction of sp³-hybridized carbons (Fsp3) is 0.362. The Kier molecular flexibility index (Phi) is 28.8. The number of hydrogen-bond acceptors (Lipinski definition) is 9. The zero-order valence-electron chi connectivity index (χ0n) is 55.9. The molecule has 0 atom stereocenters. The molecule has 9 heteroatoms. The van der Waals surface area contributed by atoms with Gasteiger partial charge in [0.05, 0.1) is 0 Å². The van der Waals surface area contributed by atoms with Gasteiger partial charge in [0, 0.05) is 135 Å². The van der Waals surface area contributed by atoms with E-state index in [1.165, 1.54) is 34.1 Å². The molecular weight excluding hydrogens is 1090 g/mol. The van der Waals surface area contributed by atoms with Crippen LogP contribution in [0.4, 0.5) is 34.1 Å². The summed E-state index contributed by atoms with van der Waals surface area (Å²) < 4.78 is 0. The molecule has 0 aliphatic heterocycles. The van der Waals surface area contributed by atoms with Crippen molar-refractivity contribution in [3.63, 3.8) is 0 Å². The second-order valence-electron chi connectivity index (χ2n) is 22.3. The molecule has 0 aromatic heterocycles. The van der Waals surface area contributed by atoms with Gasteiger partial charge in [-0.05, 0) is 258 Å². The highest BCUT2D eigenvalue weighted by Crippen LogP contribution is 2.32. The third-order valence-corrected chi connectivity index (χ3v) is 17.1. The highest BCUT2D eigenvalue weighted by atomic mass is 16.1. The highest BCUT2D eigenvalue weighted by molar-refractivity contribution is 6.16. The standard InChI is InChI=1S/C28H36N2O.C27H34N2O.C25H32N2O/c1-5-29(6-2)26-16-12-22(13-17-26)20-24-10-9-11-25(28(24)31)21-23-14-18-27(19-15-23)30(7-3)8-4;1-5-28(6-2)25-15-9-21(10-16-25)19-23-13-14-24(27(23)30)20-22-11-17-26(18-12-22)29(7-3)8-4;1-5-26(6-2)23-15-9-21(10-16-23)13-19-25(28)20-14-22-11-17-24(18-12-22)27(7-3)8-4/h12-21H,5-11H2,1-4H3;9-12,15-20H,5-8,13-14H2,1-4H3;9-20H,5-8H2,1-4H3. The summed E-state index contributed by atoms with van der Waals surface area (Å²) in [5.74, 6) is 0.378. The van der Waals surface area contributed by atoms with Crippen LogP contribution in [0.25, 0.3) is 36.5 Å². The topological polar surface area (TPSA) is 70.6 Å². The summed E-state index contributed by atoms with van der Waals surface area (Å²) >= 11 is 0. The number of allylic oxidation sites excluding steroid dienone is 6. The smallest absolute Gasteiger partial charge is 0.185 e. The zero-order chi connectivity index (χ0) is 64.1. The molecule has 8 rings (SSSR count). The molecule has 2 aliphatic carbocycles. The summed E-state index contributed by atoms with van der Waals surface area (Å²) in [7, 11) is 0. The summed E-state index contributed by atoms with van der Waals surface area (Å²) in [6.45, 7) is 37.9. The van der Waals surface area contributed by atoms with Crippen LogP contribution in [0.15, 0.2) is 180 Å². The lowest BCUT2D eigenvalue weighted by Crippen LogP contribution is -2.21. The molecule has 0 unspecified atom stereocenters. The van der Waals surface area contributed by atoms with Crippen molar-refractivity contribution in [2.24, 2.45) is 0 Å². The molecule has 2 aliphatic rings. The Morgan fingerprint density at radius 1 is 0.281 bits per heavy atom. The van der Waals surface area contributed by atoms with Crippen LogP contribution >= 0.6 is 0 Å². The van der Waals surface area contributed by atoms with Crippen LogP contribution < -0.4 is 29.4 Å². The zero-order valence-corrected chi connectivity index (χ0v) is 55.9. The summed E-state index contributed by atoms with van der Waals surface area (Å²) in [5, 5.41) is 0. The first-order chi connectivity index (χ1) is 43.3. The molecule has 9 nitrogen and oxygen atoms in total. The Balaban J connectivity index is 0.000000213. The van der Waals surface area contributed by atoms with E-state index in [0.29, 0.717) is 0 Å². The molecule has 2 fully saturated rings. The summed E-state index contributed by atoms with van der Waals surface area (Å²) in [6.07, 6.45) is 19.6. The SMILES string of the molecule is CCN(CC)c1ccc(C=C2CCC(=Cc3ccc(N(CC)CC)cc3)C2=O)cc1.CCN(CC)c1ccc(C=C2CCCC(=Cc3ccc(N(CC)CC)cc3)C2=O)cc1.CCN(CC)c1ccc(C=CC(=O)C=Cc2ccc(N(CC)CC)cc2)cc1. The minimum absolute atomic E-state index is 0.0133. The van der Waals surface area contributed by atoms with E-state index < -0.39 is 0 Å². The van der Waals surface area contributed by atoms with Gasteiger partial charge in [0.1, 0.15) is 0 Å². The first-order valence-electron chi connectivity index (χ1n) is 33.2. The number of anilines is 6. The summed E-state index contributed by atoms with van der Waals surface area (Å²) in [6, 6.07) is 50.7. The lowest BCUT2D eigenvalue weighted by molar-refractivity contribution is -0.113. The molecule has 6 aromatic carbocycles. The van der Waals surface area contributed by atoms with Crippen LogP contribution in [0.3, 0.4) is 0 Å². The van der Waals surface area contributed by atoms with Gasteiger partial charge in [0.15, 0.2) is 17.3 Å². The van der Waals surface area contributed by atoms with Gasteiger partial charge in [0.25, 0.3) is 0 Å². The molecule has 0 N–H and O–H groups in total. The van der Waals surface area contributed by atoms with E-state index in [2.05, 4.69) is 258 Å². The van der Waals surface area contributed by atoms with E-state index in [1.54, 1.807) is 12.2 Å². The maximum absolute atomic E-state index is 13.1. The first kappa shape index (κ1) is 69.7. The van der Waals surface area contributed by atoms with Crippen LogP contribution in [0.2, 0.25) is 0 Å². The van der Waals surface area contributed by atoms with Crippen molar-refractivity contribution in [2.45, 2.75) is 115 Å². The molecule has 0 bridgehead atoms. The number of hydrogen-bond donors (Lipinski definition) is 0. The van der Waals surface area contributed by atoms with E-state index in [9.17, 15) is 14.4 Å². The average molecular weight is 1200 g/mol. The number of nitrogens with zero attached hydrogens (tertiary/aromatic N) is 6. The molecule has 0 saturated heterocycles. The Bertz CT molecular complexity index is 3090. The van der Waals surface area contributed by atoms with Gasteiger partial charge in [-0.25, -0.2) is 0 Å². The van der Waals surface area contributed by atoms with E-state index >= 15 is 0 Å². The number of carbonyl (C=O) groups is 3. The van der Waals surface area contributed by atoms with E-state index in [0.717, 1.165) is 166 Å². The van der Waals surface area contributed by atoms with Gasteiger partial charge in [0.2, 0.25) is 0 Å². The molecule has 89 heavy (non-hydrogen) atoms. The van der Waals surface area contributed by atoms with Gasteiger partial charge in [-0.1, -0.05) is 84.9 Å². The van der Waals surface area contributed by atoms with Crippen molar-refractivity contribution < 1.29 is 14.4 Å². The normalized spacial score (nSPS) is 14.9. The van der Waals surface area contributed by atoms with Gasteiger partial charge < -0.3 is 29.4 Å². The summed E-state index contributed by atoms with van der Waals surface area (Å²) in [4.78, 5) is 52.0. The third-order valence-electron chi connectivity index (χ3n) is 17.1. The van der Waals surface area contributed by atoms with Crippen molar-refractivity contribution in [3.05, 3.63) is 213 Å². The fourth-order valence-electron chi connectivity index (χ4n) is 11.6. The number of rotatable bonds is 26. The Morgan fingerprint density at radius 2 is 0.461 bits per heavy atom. The van der Waals surface area contributed by atoms with Crippen molar-refractivity contribution in [1.82, 2.24) is 0 Å². The van der Waals surface area contributed by atoms with Crippen molar-refractivity contribution in [3.8, 4) is 0 Å². The third kappa shape index (κ3) is 20.6. The van der Waals surface area contributed by atoms with Gasteiger partial charge in [-0.15, -0.1) is 0 Å². The predicted molar refractivity (Wildman–Crippen MR) is 388 cm³/mol. The predicted octanol–water partition coefficient (Wildman–Crippen LogP) is 18.5. The molecule has 2 saturated carbocycles. The van der Waals surface area contributed by atoms with E-state index in [4.69, 9.17) is 0 Å². The van der Waals surface area contributed by atoms with E-state index in [-0.39, 0.29) is 17.3 Å². The lowest BCUT2D eigenvalue weighted by atomic mass is 9.87. The van der Waals surface area contributed by atoms with Crippen LogP contribution in [-0.2, 0) is 14.4 Å². The second kappa shape index (κ2) is 36.8. The second-order valence-corrected chi connectivity index (χ2v) is 22.3. The summed E-state index contributed by atoms with van der Waals surface area (Å²) in [5.41, 5.74) is 17.5. The van der Waals surface area contributed by atoms with Crippen molar-refractivity contribution >= 4 is 87.9 Å². The average Bonchev–Trinajstić information content (AvgIpc) is 3.80. The Morgan fingerprint density at radius 3 is 0.652 bits per heavy atom. The molecule has 0 spiro atoms. The van der Waals surface area contributed by atoms with Crippen molar-refractivity contribution in [2.75, 3.05) is 108 Å². The molecular formula is C80H102N6O3. The minimum Gasteiger partial charge on any atom is -0.372 e. The fourth-order valence-corrected chi connectivity index (χ4v) is 11.6. The quantitative estimate of drug-likeness (QED) is 0.0494. The Hall–Kier alpha value is -8.43. The molecule has 470 valence electrons. The molecule has 6 aromatic rings. The van der Waals surface area contributed by atoms with Crippen molar-refractivity contribution in [1.29, 1.82) is 0 Å². The number of carbonyl (C=O) groups excluding carboxylic acids is 3. The number of ketones is 3. The minimum atomic E-state index is -0.0133. The highest BCUT2D eigenvalue weighted by Gasteiger charge is 2.24. The van der Waals surface area contributed by atoms with Crippen LogP contribution in [0.5, 0.6) is 0 Å². The van der Waals surface area contributed by atoms with Gasteiger partial charge in [-0.2, -0.15) is 0 Å². The van der Waals surface area contributed by atoms with Gasteiger partial charge in [-0.3, -0.25) is 14.4 Å². The largest absolute Gasteiger partial charge is 0.372 e. The molecule has 0 radical (unpaired) electrons. The number of Topliss-reactive ketones (excluding diaryl/α,β-unsaturated/α-hetero) is 2. The first-order valence-corrected chi connectivity index (χ1v) is 33.2. The van der Waals surface area contributed by atoms with Crippen LogP contribution in [-0.4, -0.2) is 95.9 Å². The van der Waals surface area contributed by atoms with E-state index in [1.807, 2.05) is 36.4 Å². The van der Waals surface area contributed by atoms with Gasteiger partial charge >= 0.3 is 0 Å². The number of benzene rings is 6. The lowest BCUT2D eigenvalue weighted by Gasteiger charge is -2.21. The maximum atomic E-state index is 13.1. The maximum Gasteiger partial charge on any atom is 0.185 e. The van der Waals surface area contributed by atoms with Crippen LogP contribution in [0.1, 0.15) is 149 Å². The molecule has 0 heterocycles. The molecule has 0 amide bonds. The monoisotopic (exact) mass is 1190 g/mol. The Labute approximate surface area is 536 Å². The van der Waals surface area contributed by atoms with Crippen LogP contribution in [0, 0.1) is 0 Å².